The topological polar surface area (TPSA) is 42.2 Å². The van der Waals surface area contributed by atoms with Crippen LogP contribution in [0.5, 0.6) is 11.5 Å². The highest BCUT2D eigenvalue weighted by atomic mass is 35.5. The van der Waals surface area contributed by atoms with Gasteiger partial charge in [-0.25, -0.2) is 0 Å². The van der Waals surface area contributed by atoms with Crippen molar-refractivity contribution in [2.75, 3.05) is 13.2 Å². The third kappa shape index (κ3) is 5.30. The van der Waals surface area contributed by atoms with Crippen molar-refractivity contribution in [2.45, 2.75) is 46.0 Å². The van der Waals surface area contributed by atoms with E-state index in [0.29, 0.717) is 30.4 Å². The van der Waals surface area contributed by atoms with Crippen LogP contribution in [0.2, 0.25) is 5.02 Å². The van der Waals surface area contributed by atoms with E-state index in [4.69, 9.17) is 26.3 Å². The van der Waals surface area contributed by atoms with Crippen LogP contribution in [0.25, 0.3) is 0 Å². The first-order valence-electron chi connectivity index (χ1n) is 7.17. The normalized spacial score (nSPS) is 10.1. The van der Waals surface area contributed by atoms with Crippen LogP contribution in [0, 0.1) is 11.3 Å². The summed E-state index contributed by atoms with van der Waals surface area (Å²) in [6, 6.07) is 5.92. The highest BCUT2D eigenvalue weighted by molar-refractivity contribution is 6.32. The summed E-state index contributed by atoms with van der Waals surface area (Å²) in [6.45, 7) is 5.43. The molecule has 0 saturated heterocycles. The number of halogens is 1. The van der Waals surface area contributed by atoms with Crippen molar-refractivity contribution in [3.8, 4) is 17.6 Å². The Kier molecular flexibility index (Phi) is 7.91. The Balaban J connectivity index is 2.89. The summed E-state index contributed by atoms with van der Waals surface area (Å²) >= 11 is 6.24. The molecule has 20 heavy (non-hydrogen) atoms. The van der Waals surface area contributed by atoms with E-state index in [-0.39, 0.29) is 0 Å². The minimum atomic E-state index is 0.541. The van der Waals surface area contributed by atoms with E-state index < -0.39 is 0 Å². The number of hydrogen-bond acceptors (Lipinski definition) is 3. The monoisotopic (exact) mass is 295 g/mol. The molecule has 0 atom stereocenters. The van der Waals surface area contributed by atoms with E-state index in [1.54, 1.807) is 0 Å². The van der Waals surface area contributed by atoms with Gasteiger partial charge in [0.15, 0.2) is 0 Å². The molecule has 0 aliphatic carbocycles. The third-order valence-electron chi connectivity index (χ3n) is 2.77. The van der Waals surface area contributed by atoms with E-state index in [2.05, 4.69) is 19.9 Å². The Morgan fingerprint density at radius 1 is 1.10 bits per heavy atom. The van der Waals surface area contributed by atoms with Crippen molar-refractivity contribution in [3.05, 3.63) is 22.7 Å². The Morgan fingerprint density at radius 3 is 2.35 bits per heavy atom. The second kappa shape index (κ2) is 9.50. The van der Waals surface area contributed by atoms with Crippen LogP contribution in [0.1, 0.15) is 45.1 Å². The van der Waals surface area contributed by atoms with Gasteiger partial charge in [-0.05, 0) is 37.3 Å². The molecule has 1 rings (SSSR count). The minimum Gasteiger partial charge on any atom is -0.493 e. The summed E-state index contributed by atoms with van der Waals surface area (Å²) in [7, 11) is 0. The van der Waals surface area contributed by atoms with Crippen molar-refractivity contribution in [3.63, 3.8) is 0 Å². The van der Waals surface area contributed by atoms with Gasteiger partial charge in [-0.2, -0.15) is 5.26 Å². The summed E-state index contributed by atoms with van der Waals surface area (Å²) in [6.07, 6.45) is 4.03. The summed E-state index contributed by atoms with van der Waals surface area (Å²) in [5.41, 5.74) is 1.04. The molecule has 110 valence electrons. The number of hydrogen-bond donors (Lipinski definition) is 0. The van der Waals surface area contributed by atoms with Gasteiger partial charge in [0, 0.05) is 12.5 Å². The van der Waals surface area contributed by atoms with E-state index in [1.165, 1.54) is 0 Å². The summed E-state index contributed by atoms with van der Waals surface area (Å²) in [4.78, 5) is 0. The van der Waals surface area contributed by atoms with E-state index in [1.807, 2.05) is 12.1 Å². The van der Waals surface area contributed by atoms with Gasteiger partial charge in [0.2, 0.25) is 0 Å². The third-order valence-corrected chi connectivity index (χ3v) is 3.07. The van der Waals surface area contributed by atoms with Crippen LogP contribution in [0.15, 0.2) is 12.1 Å². The molecule has 0 bridgehead atoms. The summed E-state index contributed by atoms with van der Waals surface area (Å²) < 4.78 is 11.4. The average Bonchev–Trinajstić information content (AvgIpc) is 2.45. The van der Waals surface area contributed by atoms with E-state index in [0.717, 1.165) is 37.0 Å². The lowest BCUT2D eigenvalue weighted by atomic mass is 10.1. The van der Waals surface area contributed by atoms with E-state index >= 15 is 0 Å². The van der Waals surface area contributed by atoms with Crippen LogP contribution in [0.3, 0.4) is 0 Å². The second-order valence-corrected chi connectivity index (χ2v) is 5.01. The van der Waals surface area contributed by atoms with Gasteiger partial charge in [-0.3, -0.25) is 0 Å². The molecule has 1 aromatic rings. The van der Waals surface area contributed by atoms with Crippen molar-refractivity contribution in [2.24, 2.45) is 0 Å². The maximum absolute atomic E-state index is 8.62. The molecule has 0 radical (unpaired) electrons. The van der Waals surface area contributed by atoms with Crippen LogP contribution < -0.4 is 9.47 Å². The smallest absolute Gasteiger partial charge is 0.141 e. The number of nitrogens with zero attached hydrogens (tertiary/aromatic N) is 1. The zero-order valence-corrected chi connectivity index (χ0v) is 13.0. The first kappa shape index (κ1) is 16.7. The average molecular weight is 296 g/mol. The fourth-order valence-corrected chi connectivity index (χ4v) is 2.04. The number of aryl methyl sites for hydroxylation is 1. The van der Waals surface area contributed by atoms with E-state index in [9.17, 15) is 0 Å². The zero-order chi connectivity index (χ0) is 14.8. The Morgan fingerprint density at radius 2 is 1.75 bits per heavy atom. The molecule has 0 aromatic heterocycles. The molecular weight excluding hydrogens is 274 g/mol. The maximum atomic E-state index is 8.62. The van der Waals surface area contributed by atoms with Gasteiger partial charge in [0.1, 0.15) is 11.5 Å². The first-order chi connectivity index (χ1) is 9.72. The van der Waals surface area contributed by atoms with Crippen LogP contribution in [-0.4, -0.2) is 13.2 Å². The molecule has 4 heteroatoms. The molecule has 0 saturated carbocycles. The predicted octanol–water partition coefficient (Wildman–Crippen LogP) is 4.76. The Labute approximate surface area is 126 Å². The molecule has 0 fully saturated rings. The Hall–Kier alpha value is -1.40. The van der Waals surface area contributed by atoms with Crippen LogP contribution in [-0.2, 0) is 6.42 Å². The Bertz CT molecular complexity index is 455. The molecule has 1 aromatic carbocycles. The second-order valence-electron chi connectivity index (χ2n) is 4.60. The molecule has 0 amide bonds. The van der Waals surface area contributed by atoms with Gasteiger partial charge in [0.25, 0.3) is 0 Å². The fraction of sp³-hybridized carbons (Fsp3) is 0.562. The summed E-state index contributed by atoms with van der Waals surface area (Å²) in [5, 5.41) is 9.23. The predicted molar refractivity (Wildman–Crippen MR) is 81.6 cm³/mol. The standard InChI is InChI=1S/C16H22ClNO2/c1-3-9-19-15-12-16(20-10-4-2)14(17)11-13(15)7-5-6-8-18/h11-12H,3-7,9-10H2,1-2H3. The largest absolute Gasteiger partial charge is 0.493 e. The molecule has 0 aliphatic heterocycles. The molecular formula is C16H22ClNO2. The number of unbranched alkanes of at least 4 members (excludes halogenated alkanes) is 1. The van der Waals surface area contributed by atoms with Crippen LogP contribution >= 0.6 is 11.6 Å². The summed E-state index contributed by atoms with van der Waals surface area (Å²) in [5.74, 6) is 1.49. The van der Waals surface area contributed by atoms with Gasteiger partial charge in [-0.1, -0.05) is 25.4 Å². The molecule has 0 N–H and O–H groups in total. The van der Waals surface area contributed by atoms with Gasteiger partial charge in [-0.15, -0.1) is 0 Å². The van der Waals surface area contributed by atoms with Crippen molar-refractivity contribution >= 4 is 11.6 Å². The lowest BCUT2D eigenvalue weighted by Gasteiger charge is -2.14. The fourth-order valence-electron chi connectivity index (χ4n) is 1.80. The number of benzene rings is 1. The molecule has 0 spiro atoms. The minimum absolute atomic E-state index is 0.541. The lowest BCUT2D eigenvalue weighted by molar-refractivity contribution is 0.299. The number of ether oxygens (including phenoxy) is 2. The zero-order valence-electron chi connectivity index (χ0n) is 12.2. The van der Waals surface area contributed by atoms with Crippen molar-refractivity contribution < 1.29 is 9.47 Å². The molecule has 0 unspecified atom stereocenters. The first-order valence-corrected chi connectivity index (χ1v) is 7.55. The van der Waals surface area contributed by atoms with Gasteiger partial charge >= 0.3 is 0 Å². The lowest BCUT2D eigenvalue weighted by Crippen LogP contribution is -2.02. The SMILES string of the molecule is CCCOc1cc(OCCC)c(CCCC#N)cc1Cl. The molecule has 0 heterocycles. The highest BCUT2D eigenvalue weighted by Crippen LogP contribution is 2.34. The highest BCUT2D eigenvalue weighted by Gasteiger charge is 2.11. The number of nitriles is 1. The molecule has 0 aliphatic rings. The van der Waals surface area contributed by atoms with Gasteiger partial charge in [0.05, 0.1) is 24.3 Å². The van der Waals surface area contributed by atoms with Crippen molar-refractivity contribution in [1.82, 2.24) is 0 Å². The molecule has 3 nitrogen and oxygen atoms in total. The van der Waals surface area contributed by atoms with Gasteiger partial charge < -0.3 is 9.47 Å². The maximum Gasteiger partial charge on any atom is 0.141 e. The van der Waals surface area contributed by atoms with Crippen LogP contribution in [0.4, 0.5) is 0 Å². The number of rotatable bonds is 9. The quantitative estimate of drug-likeness (QED) is 0.617. The van der Waals surface area contributed by atoms with Crippen molar-refractivity contribution in [1.29, 1.82) is 5.26 Å².